The molecule has 2 rings (SSSR count). The number of amides is 1. The summed E-state index contributed by atoms with van der Waals surface area (Å²) in [6.45, 7) is 4.78. The second-order valence-electron chi connectivity index (χ2n) is 5.38. The van der Waals surface area contributed by atoms with E-state index in [9.17, 15) is 9.59 Å². The Morgan fingerprint density at radius 3 is 2.64 bits per heavy atom. The van der Waals surface area contributed by atoms with E-state index in [1.54, 1.807) is 0 Å². The fourth-order valence-electron chi connectivity index (χ4n) is 2.69. The van der Waals surface area contributed by atoms with Gasteiger partial charge in [-0.25, -0.2) is 4.79 Å². The number of carbonyl (C=O) groups is 2. The molecule has 1 aromatic carbocycles. The highest BCUT2D eigenvalue weighted by Crippen LogP contribution is 2.21. The number of nitrogens with one attached hydrogen (secondary N) is 1. The van der Waals surface area contributed by atoms with Crippen LogP contribution in [0.25, 0.3) is 10.9 Å². The Balaban J connectivity index is 2.16. The summed E-state index contributed by atoms with van der Waals surface area (Å²) < 4.78 is 2.10. The zero-order chi connectivity index (χ0) is 16.1. The lowest BCUT2D eigenvalue weighted by Gasteiger charge is -2.13. The van der Waals surface area contributed by atoms with Gasteiger partial charge in [-0.05, 0) is 25.0 Å². The Kier molecular flexibility index (Phi) is 5.20. The number of aryl methyl sites for hydroxylation is 1. The van der Waals surface area contributed by atoms with Crippen LogP contribution in [-0.4, -0.2) is 27.6 Å². The zero-order valence-corrected chi connectivity index (χ0v) is 13.0. The number of nitrogens with zero attached hydrogens (tertiary/aromatic N) is 1. The molecule has 0 aliphatic carbocycles. The van der Waals surface area contributed by atoms with Crippen molar-refractivity contribution < 1.29 is 14.7 Å². The lowest BCUT2D eigenvalue weighted by molar-refractivity contribution is -0.141. The molecule has 0 fully saturated rings. The van der Waals surface area contributed by atoms with Crippen molar-refractivity contribution in [3.05, 3.63) is 36.0 Å². The van der Waals surface area contributed by atoms with Crippen molar-refractivity contribution in [2.24, 2.45) is 0 Å². The smallest absolute Gasteiger partial charge is 0.326 e. The highest BCUT2D eigenvalue weighted by atomic mass is 16.4. The van der Waals surface area contributed by atoms with Crippen molar-refractivity contribution in [2.75, 3.05) is 0 Å². The lowest BCUT2D eigenvalue weighted by atomic mass is 10.1. The highest BCUT2D eigenvalue weighted by Gasteiger charge is 2.19. The number of hydrogen-bond donors (Lipinski definition) is 2. The largest absolute Gasteiger partial charge is 0.480 e. The van der Waals surface area contributed by atoms with E-state index in [4.69, 9.17) is 5.11 Å². The number of carboxylic acid groups (broad SMARTS) is 1. The first kappa shape index (κ1) is 16.1. The van der Waals surface area contributed by atoms with Gasteiger partial charge >= 0.3 is 5.97 Å². The molecular formula is C17H22N2O3. The van der Waals surface area contributed by atoms with Gasteiger partial charge in [-0.1, -0.05) is 31.5 Å². The van der Waals surface area contributed by atoms with Crippen molar-refractivity contribution in [3.63, 3.8) is 0 Å². The maximum atomic E-state index is 12.2. The highest BCUT2D eigenvalue weighted by molar-refractivity contribution is 5.91. The Morgan fingerprint density at radius 2 is 2.00 bits per heavy atom. The van der Waals surface area contributed by atoms with Crippen LogP contribution in [0, 0.1) is 0 Å². The van der Waals surface area contributed by atoms with Gasteiger partial charge in [-0.3, -0.25) is 4.79 Å². The average Bonchev–Trinajstić information content (AvgIpc) is 2.85. The molecule has 0 bridgehead atoms. The Labute approximate surface area is 129 Å². The van der Waals surface area contributed by atoms with Crippen LogP contribution in [-0.2, 0) is 22.6 Å². The first-order valence-electron chi connectivity index (χ1n) is 7.65. The molecule has 1 aromatic heterocycles. The fraction of sp³-hybridized carbons (Fsp3) is 0.412. The summed E-state index contributed by atoms with van der Waals surface area (Å²) in [5.74, 6) is -1.23. The van der Waals surface area contributed by atoms with Crippen LogP contribution in [0.5, 0.6) is 0 Å². The molecule has 0 saturated carbocycles. The normalized spacial score (nSPS) is 12.3. The summed E-state index contributed by atoms with van der Waals surface area (Å²) in [6, 6.07) is 7.13. The monoisotopic (exact) mass is 302 g/mol. The van der Waals surface area contributed by atoms with E-state index in [0.29, 0.717) is 12.8 Å². The molecular weight excluding hydrogens is 280 g/mol. The molecule has 0 aliphatic rings. The molecule has 22 heavy (non-hydrogen) atoms. The number of rotatable bonds is 7. The van der Waals surface area contributed by atoms with E-state index in [0.717, 1.165) is 23.0 Å². The molecule has 0 spiro atoms. The molecule has 1 atom stereocenters. The predicted molar refractivity (Wildman–Crippen MR) is 85.8 cm³/mol. The third kappa shape index (κ3) is 3.47. The number of fused-ring (bicyclic) bond motifs is 1. The van der Waals surface area contributed by atoms with E-state index in [1.807, 2.05) is 37.4 Å². The zero-order valence-electron chi connectivity index (χ0n) is 13.0. The van der Waals surface area contributed by atoms with Crippen LogP contribution in [0.3, 0.4) is 0 Å². The lowest BCUT2D eigenvalue weighted by Crippen LogP contribution is -2.41. The van der Waals surface area contributed by atoms with Crippen molar-refractivity contribution in [3.8, 4) is 0 Å². The number of benzene rings is 1. The quantitative estimate of drug-likeness (QED) is 0.825. The number of carboxylic acids is 1. The van der Waals surface area contributed by atoms with Crippen molar-refractivity contribution in [1.29, 1.82) is 0 Å². The number of para-hydroxylation sites is 1. The van der Waals surface area contributed by atoms with Gasteiger partial charge in [0.15, 0.2) is 0 Å². The number of aliphatic carboxylic acids is 1. The van der Waals surface area contributed by atoms with Gasteiger partial charge in [0.05, 0.1) is 6.42 Å². The fourth-order valence-corrected chi connectivity index (χ4v) is 2.69. The van der Waals surface area contributed by atoms with Gasteiger partial charge in [0, 0.05) is 23.6 Å². The summed E-state index contributed by atoms with van der Waals surface area (Å²) >= 11 is 0. The van der Waals surface area contributed by atoms with Gasteiger partial charge in [-0.2, -0.15) is 0 Å². The Bertz CT molecular complexity index is 676. The number of aromatic nitrogens is 1. The molecule has 2 aromatic rings. The Hall–Kier alpha value is -2.30. The molecule has 0 aliphatic heterocycles. The van der Waals surface area contributed by atoms with E-state index in [-0.39, 0.29) is 12.3 Å². The SMILES string of the molecule is CCCC(NC(=O)Cc1cn(CC)c2ccccc12)C(=O)O. The summed E-state index contributed by atoms with van der Waals surface area (Å²) in [6.07, 6.45) is 3.32. The van der Waals surface area contributed by atoms with Gasteiger partial charge < -0.3 is 15.0 Å². The topological polar surface area (TPSA) is 71.3 Å². The summed E-state index contributed by atoms with van der Waals surface area (Å²) in [4.78, 5) is 23.3. The van der Waals surface area contributed by atoms with Crippen LogP contribution in [0.4, 0.5) is 0 Å². The third-order valence-electron chi connectivity index (χ3n) is 3.77. The van der Waals surface area contributed by atoms with Crippen LogP contribution in [0.2, 0.25) is 0 Å². The number of hydrogen-bond acceptors (Lipinski definition) is 2. The second-order valence-corrected chi connectivity index (χ2v) is 5.38. The maximum Gasteiger partial charge on any atom is 0.326 e. The maximum absolute atomic E-state index is 12.2. The van der Waals surface area contributed by atoms with Gasteiger partial charge in [-0.15, -0.1) is 0 Å². The minimum Gasteiger partial charge on any atom is -0.480 e. The first-order chi connectivity index (χ1) is 10.6. The van der Waals surface area contributed by atoms with Crippen LogP contribution < -0.4 is 5.32 Å². The average molecular weight is 302 g/mol. The molecule has 1 unspecified atom stereocenters. The molecule has 1 heterocycles. The van der Waals surface area contributed by atoms with Crippen LogP contribution >= 0.6 is 0 Å². The summed E-state index contributed by atoms with van der Waals surface area (Å²) in [7, 11) is 0. The third-order valence-corrected chi connectivity index (χ3v) is 3.77. The van der Waals surface area contributed by atoms with Crippen molar-refractivity contribution in [2.45, 2.75) is 45.7 Å². The van der Waals surface area contributed by atoms with E-state index in [2.05, 4.69) is 16.8 Å². The molecule has 5 heteroatoms. The van der Waals surface area contributed by atoms with Crippen molar-refractivity contribution in [1.82, 2.24) is 9.88 Å². The first-order valence-corrected chi connectivity index (χ1v) is 7.65. The molecule has 5 nitrogen and oxygen atoms in total. The minimum atomic E-state index is -0.980. The molecule has 0 radical (unpaired) electrons. The van der Waals surface area contributed by atoms with Crippen LogP contribution in [0.1, 0.15) is 32.3 Å². The summed E-state index contributed by atoms with van der Waals surface area (Å²) in [5, 5.41) is 12.8. The number of carbonyl (C=O) groups excluding carboxylic acids is 1. The molecule has 1 amide bonds. The molecule has 118 valence electrons. The molecule has 0 saturated heterocycles. The van der Waals surface area contributed by atoms with Crippen LogP contribution in [0.15, 0.2) is 30.5 Å². The van der Waals surface area contributed by atoms with Gasteiger partial charge in [0.2, 0.25) is 5.91 Å². The minimum absolute atomic E-state index is 0.195. The predicted octanol–water partition coefficient (Wildman–Crippen LogP) is 2.57. The van der Waals surface area contributed by atoms with E-state index >= 15 is 0 Å². The van der Waals surface area contributed by atoms with Gasteiger partial charge in [0.1, 0.15) is 6.04 Å². The second kappa shape index (κ2) is 7.11. The van der Waals surface area contributed by atoms with E-state index in [1.165, 1.54) is 0 Å². The standard InChI is InChI=1S/C17H22N2O3/c1-3-7-14(17(21)22)18-16(20)10-12-11-19(4-2)15-9-6-5-8-13(12)15/h5-6,8-9,11,14H,3-4,7,10H2,1-2H3,(H,18,20)(H,21,22). The van der Waals surface area contributed by atoms with Crippen molar-refractivity contribution >= 4 is 22.8 Å². The molecule has 2 N–H and O–H groups in total. The summed E-state index contributed by atoms with van der Waals surface area (Å²) in [5.41, 5.74) is 2.02. The van der Waals surface area contributed by atoms with E-state index < -0.39 is 12.0 Å². The van der Waals surface area contributed by atoms with Gasteiger partial charge in [0.25, 0.3) is 0 Å². The Morgan fingerprint density at radius 1 is 1.27 bits per heavy atom.